The maximum Gasteiger partial charge on any atom is 0.275 e. The zero-order valence-electron chi connectivity index (χ0n) is 18.8. The monoisotopic (exact) mass is 477 g/mol. The number of nitrogens with zero attached hydrogens (tertiary/aromatic N) is 4. The van der Waals surface area contributed by atoms with Crippen LogP contribution in [0.15, 0.2) is 109 Å². The van der Waals surface area contributed by atoms with Crippen LogP contribution in [0.1, 0.15) is 10.4 Å². The quantitative estimate of drug-likeness (QED) is 0.231. The SMILES string of the molecule is O=C(Nc1cc(Oc2ccccn2)cc([N+](=O)[O-])c1)c1cn(-c2ccccc2)nc1-c1ccccc1. The highest BCUT2D eigenvalue weighted by Gasteiger charge is 2.20. The van der Waals surface area contributed by atoms with Gasteiger partial charge in [0.05, 0.1) is 27.9 Å². The van der Waals surface area contributed by atoms with Crippen LogP contribution in [0.3, 0.4) is 0 Å². The van der Waals surface area contributed by atoms with Crippen molar-refractivity contribution in [1.82, 2.24) is 14.8 Å². The Bertz CT molecular complexity index is 1520. The van der Waals surface area contributed by atoms with Crippen LogP contribution in [-0.4, -0.2) is 25.6 Å². The Morgan fingerprint density at radius 2 is 1.64 bits per heavy atom. The number of non-ortho nitro benzene ring substituents is 1. The fourth-order valence-electron chi connectivity index (χ4n) is 3.61. The molecule has 3 aromatic carbocycles. The summed E-state index contributed by atoms with van der Waals surface area (Å²) >= 11 is 0. The minimum atomic E-state index is -0.552. The van der Waals surface area contributed by atoms with Crippen LogP contribution in [-0.2, 0) is 0 Å². The van der Waals surface area contributed by atoms with Gasteiger partial charge >= 0.3 is 0 Å². The normalized spacial score (nSPS) is 10.6. The Labute approximate surface area is 205 Å². The number of ether oxygens (including phenoxy) is 1. The van der Waals surface area contributed by atoms with Crippen molar-refractivity contribution in [3.8, 4) is 28.6 Å². The molecule has 2 heterocycles. The van der Waals surface area contributed by atoms with E-state index in [2.05, 4.69) is 15.4 Å². The van der Waals surface area contributed by atoms with E-state index in [4.69, 9.17) is 4.74 Å². The molecule has 0 bridgehead atoms. The van der Waals surface area contributed by atoms with Crippen LogP contribution in [0.25, 0.3) is 16.9 Å². The van der Waals surface area contributed by atoms with E-state index in [1.807, 2.05) is 60.7 Å². The molecule has 0 saturated carbocycles. The van der Waals surface area contributed by atoms with E-state index in [0.29, 0.717) is 11.3 Å². The number of nitro benzene ring substituents is 1. The third kappa shape index (κ3) is 4.95. The fraction of sp³-hybridized carbons (Fsp3) is 0. The zero-order chi connectivity index (χ0) is 24.9. The first kappa shape index (κ1) is 22.5. The second-order valence-corrected chi connectivity index (χ2v) is 7.73. The number of carbonyl (C=O) groups excluding carboxylic acids is 1. The van der Waals surface area contributed by atoms with Gasteiger partial charge in [0.25, 0.3) is 11.6 Å². The summed E-state index contributed by atoms with van der Waals surface area (Å²) in [6.07, 6.45) is 3.18. The first-order valence-corrected chi connectivity index (χ1v) is 11.0. The standard InChI is InChI=1S/C27H19N5O4/c33-27(29-20-15-22(32(34)35)17-23(16-20)36-25-13-7-8-14-28-25)24-18-31(21-11-5-2-6-12-21)30-26(24)19-9-3-1-4-10-19/h1-18H,(H,29,33). The van der Waals surface area contributed by atoms with Crippen LogP contribution >= 0.6 is 0 Å². The summed E-state index contributed by atoms with van der Waals surface area (Å²) in [5.74, 6) is -0.0347. The highest BCUT2D eigenvalue weighted by atomic mass is 16.6. The Morgan fingerprint density at radius 3 is 2.33 bits per heavy atom. The molecule has 5 aromatic rings. The number of hydrogen-bond acceptors (Lipinski definition) is 6. The predicted molar refractivity (Wildman–Crippen MR) is 134 cm³/mol. The van der Waals surface area contributed by atoms with E-state index >= 15 is 0 Å². The number of anilines is 1. The van der Waals surface area contributed by atoms with Gasteiger partial charge in [-0.05, 0) is 18.2 Å². The zero-order valence-corrected chi connectivity index (χ0v) is 18.8. The second kappa shape index (κ2) is 9.90. The topological polar surface area (TPSA) is 112 Å². The molecule has 1 amide bonds. The van der Waals surface area contributed by atoms with Gasteiger partial charge in [-0.3, -0.25) is 14.9 Å². The number of carbonyl (C=O) groups is 1. The molecule has 0 aliphatic rings. The number of pyridine rings is 1. The minimum Gasteiger partial charge on any atom is -0.439 e. The van der Waals surface area contributed by atoms with E-state index in [0.717, 1.165) is 11.3 Å². The Hall–Kier alpha value is -5.31. The molecule has 2 aromatic heterocycles. The van der Waals surface area contributed by atoms with Crippen molar-refractivity contribution in [2.75, 3.05) is 5.32 Å². The van der Waals surface area contributed by atoms with E-state index < -0.39 is 10.8 Å². The highest BCUT2D eigenvalue weighted by Crippen LogP contribution is 2.30. The third-order valence-electron chi connectivity index (χ3n) is 5.25. The third-order valence-corrected chi connectivity index (χ3v) is 5.25. The molecule has 9 heteroatoms. The molecule has 0 atom stereocenters. The molecule has 0 radical (unpaired) electrons. The maximum absolute atomic E-state index is 13.4. The number of nitro groups is 1. The van der Waals surface area contributed by atoms with Gasteiger partial charge in [0.1, 0.15) is 11.4 Å². The van der Waals surface area contributed by atoms with Gasteiger partial charge in [-0.2, -0.15) is 5.10 Å². The van der Waals surface area contributed by atoms with Gasteiger partial charge in [-0.15, -0.1) is 0 Å². The summed E-state index contributed by atoms with van der Waals surface area (Å²) < 4.78 is 7.29. The van der Waals surface area contributed by atoms with Crippen molar-refractivity contribution in [3.05, 3.63) is 125 Å². The van der Waals surface area contributed by atoms with E-state index in [1.165, 1.54) is 18.2 Å². The number of para-hydroxylation sites is 1. The molecule has 0 fully saturated rings. The average molecular weight is 477 g/mol. The lowest BCUT2D eigenvalue weighted by molar-refractivity contribution is -0.384. The molecule has 0 aliphatic carbocycles. The van der Waals surface area contributed by atoms with Gasteiger partial charge in [-0.25, -0.2) is 9.67 Å². The number of hydrogen-bond donors (Lipinski definition) is 1. The summed E-state index contributed by atoms with van der Waals surface area (Å²) in [5.41, 5.74) is 2.30. The van der Waals surface area contributed by atoms with Crippen molar-refractivity contribution in [2.24, 2.45) is 0 Å². The lowest BCUT2D eigenvalue weighted by Gasteiger charge is -2.09. The predicted octanol–water partition coefficient (Wildman–Crippen LogP) is 5.89. The number of aromatic nitrogens is 3. The molecule has 0 unspecified atom stereocenters. The summed E-state index contributed by atoms with van der Waals surface area (Å²) in [7, 11) is 0. The number of benzene rings is 3. The van der Waals surface area contributed by atoms with Crippen LogP contribution in [0.4, 0.5) is 11.4 Å². The van der Waals surface area contributed by atoms with Gasteiger partial charge in [0.2, 0.25) is 5.88 Å². The summed E-state index contributed by atoms with van der Waals surface area (Å²) in [4.78, 5) is 28.5. The van der Waals surface area contributed by atoms with E-state index in [9.17, 15) is 14.9 Å². The van der Waals surface area contributed by atoms with Gasteiger partial charge in [-0.1, -0.05) is 54.6 Å². The Balaban J connectivity index is 1.51. The van der Waals surface area contributed by atoms with Crippen LogP contribution < -0.4 is 10.1 Å². The smallest absolute Gasteiger partial charge is 0.275 e. The fourth-order valence-corrected chi connectivity index (χ4v) is 3.61. The summed E-state index contributed by atoms with van der Waals surface area (Å²) in [5, 5.41) is 18.9. The summed E-state index contributed by atoms with van der Waals surface area (Å²) in [6, 6.07) is 27.9. The molecule has 176 valence electrons. The first-order chi connectivity index (χ1) is 17.6. The lowest BCUT2D eigenvalue weighted by Crippen LogP contribution is -2.12. The number of nitrogens with one attached hydrogen (secondary N) is 1. The summed E-state index contributed by atoms with van der Waals surface area (Å²) in [6.45, 7) is 0. The average Bonchev–Trinajstić information content (AvgIpc) is 3.36. The van der Waals surface area contributed by atoms with Crippen molar-refractivity contribution in [3.63, 3.8) is 0 Å². The second-order valence-electron chi connectivity index (χ2n) is 7.73. The van der Waals surface area contributed by atoms with Gasteiger partial charge in [0.15, 0.2) is 0 Å². The number of rotatable bonds is 7. The van der Waals surface area contributed by atoms with Crippen molar-refractivity contribution in [2.45, 2.75) is 0 Å². The minimum absolute atomic E-state index is 0.168. The molecule has 0 saturated heterocycles. The van der Waals surface area contributed by atoms with Crippen LogP contribution in [0.5, 0.6) is 11.6 Å². The molecule has 1 N–H and O–H groups in total. The Kier molecular flexibility index (Phi) is 6.18. The molecule has 9 nitrogen and oxygen atoms in total. The van der Waals surface area contributed by atoms with Crippen molar-refractivity contribution >= 4 is 17.3 Å². The van der Waals surface area contributed by atoms with Gasteiger partial charge in [0, 0.05) is 36.2 Å². The Morgan fingerprint density at radius 1 is 0.917 bits per heavy atom. The van der Waals surface area contributed by atoms with Crippen LogP contribution in [0, 0.1) is 10.1 Å². The van der Waals surface area contributed by atoms with Crippen molar-refractivity contribution in [1.29, 1.82) is 0 Å². The molecule has 36 heavy (non-hydrogen) atoms. The van der Waals surface area contributed by atoms with Crippen LogP contribution in [0.2, 0.25) is 0 Å². The van der Waals surface area contributed by atoms with Crippen molar-refractivity contribution < 1.29 is 14.5 Å². The molecule has 0 aliphatic heterocycles. The molecule has 5 rings (SSSR count). The lowest BCUT2D eigenvalue weighted by atomic mass is 10.1. The maximum atomic E-state index is 13.4. The van der Waals surface area contributed by atoms with Gasteiger partial charge < -0.3 is 10.1 Å². The highest BCUT2D eigenvalue weighted by molar-refractivity contribution is 6.08. The van der Waals surface area contributed by atoms with E-state index in [-0.39, 0.29) is 23.0 Å². The molecular weight excluding hydrogens is 458 g/mol. The molecular formula is C27H19N5O4. The van der Waals surface area contributed by atoms with E-state index in [1.54, 1.807) is 35.3 Å². The molecule has 0 spiro atoms. The number of amides is 1. The first-order valence-electron chi connectivity index (χ1n) is 11.0. The largest absolute Gasteiger partial charge is 0.439 e.